The highest BCUT2D eigenvalue weighted by atomic mass is 35.5. The zero-order valence-corrected chi connectivity index (χ0v) is 18.5. The Bertz CT molecular complexity index is 1230. The van der Waals surface area contributed by atoms with Crippen LogP contribution < -0.4 is 14.8 Å². The second-order valence-corrected chi connectivity index (χ2v) is 7.71. The van der Waals surface area contributed by atoms with E-state index in [4.69, 9.17) is 32.7 Å². The Labute approximate surface area is 194 Å². The van der Waals surface area contributed by atoms with Gasteiger partial charge in [0.05, 0.1) is 17.2 Å². The highest BCUT2D eigenvalue weighted by Crippen LogP contribution is 2.25. The third kappa shape index (κ3) is 5.63. The van der Waals surface area contributed by atoms with Gasteiger partial charge in [-0.3, -0.25) is 4.79 Å². The van der Waals surface area contributed by atoms with Crippen LogP contribution in [0.2, 0.25) is 10.2 Å². The van der Waals surface area contributed by atoms with Gasteiger partial charge in [-0.1, -0.05) is 29.3 Å². The maximum atomic E-state index is 12.3. The van der Waals surface area contributed by atoms with Gasteiger partial charge in [-0.05, 0) is 61.0 Å². The number of rotatable bonds is 7. The molecule has 0 aliphatic carbocycles. The van der Waals surface area contributed by atoms with Crippen molar-refractivity contribution < 1.29 is 14.3 Å². The zero-order valence-electron chi connectivity index (χ0n) is 17.0. The molecular weight excluding hydrogens is 451 g/mol. The lowest BCUT2D eigenvalue weighted by Crippen LogP contribution is -2.35. The van der Waals surface area contributed by atoms with Crippen LogP contribution >= 0.6 is 23.2 Å². The smallest absolute Gasteiger partial charge is 0.261 e. The van der Waals surface area contributed by atoms with E-state index in [1.807, 2.05) is 0 Å². The minimum absolute atomic E-state index is 0.244. The normalized spacial score (nSPS) is 11.7. The quantitative estimate of drug-likeness (QED) is 0.374. The van der Waals surface area contributed by atoms with Gasteiger partial charge in [-0.2, -0.15) is 0 Å². The number of hydrogen-bond acceptors (Lipinski definition) is 6. The second-order valence-electron chi connectivity index (χ2n) is 6.88. The first-order valence-corrected chi connectivity index (χ1v) is 10.5. The molecule has 0 saturated heterocycles. The van der Waals surface area contributed by atoms with Crippen LogP contribution in [0.25, 0.3) is 11.0 Å². The first-order valence-electron chi connectivity index (χ1n) is 9.71. The van der Waals surface area contributed by atoms with Gasteiger partial charge in [-0.15, -0.1) is 0 Å². The average molecular weight is 469 g/mol. The molecule has 0 saturated carbocycles. The third-order valence-electron chi connectivity index (χ3n) is 4.47. The Kier molecular flexibility index (Phi) is 6.68. The fourth-order valence-corrected chi connectivity index (χ4v) is 3.10. The van der Waals surface area contributed by atoms with Crippen molar-refractivity contribution in [3.05, 3.63) is 82.7 Å². The van der Waals surface area contributed by atoms with Crippen molar-refractivity contribution in [1.82, 2.24) is 20.3 Å². The molecule has 32 heavy (non-hydrogen) atoms. The lowest BCUT2D eigenvalue weighted by atomic mass is 10.2. The number of carbonyl (C=O) groups excluding carboxylic acids is 1. The molecule has 0 aliphatic rings. The van der Waals surface area contributed by atoms with E-state index < -0.39 is 6.10 Å². The number of hydrogen-bond donors (Lipinski definition) is 1. The summed E-state index contributed by atoms with van der Waals surface area (Å²) in [7, 11) is 0. The Morgan fingerprint density at radius 3 is 2.50 bits per heavy atom. The van der Waals surface area contributed by atoms with Crippen LogP contribution in [0.3, 0.4) is 0 Å². The summed E-state index contributed by atoms with van der Waals surface area (Å²) in [4.78, 5) is 25.0. The molecular formula is C23H18Cl2N4O3. The van der Waals surface area contributed by atoms with Gasteiger partial charge in [0.1, 0.15) is 16.7 Å². The van der Waals surface area contributed by atoms with Gasteiger partial charge >= 0.3 is 0 Å². The van der Waals surface area contributed by atoms with Gasteiger partial charge in [-0.25, -0.2) is 15.0 Å². The van der Waals surface area contributed by atoms with Crippen molar-refractivity contribution in [2.75, 3.05) is 0 Å². The summed E-state index contributed by atoms with van der Waals surface area (Å²) in [6.07, 6.45) is 2.47. The number of pyridine rings is 1. The molecule has 2 heterocycles. The number of carbonyl (C=O) groups is 1. The number of benzene rings is 2. The van der Waals surface area contributed by atoms with E-state index in [1.165, 1.54) is 6.20 Å². The fraction of sp³-hybridized carbons (Fsp3) is 0.130. The SMILES string of the molecule is CC(Oc1ccc(Oc2cnc3cc(Cl)ccc3n2)cc1)C(=O)NCc1ccc(Cl)nc1. The molecule has 1 atom stereocenters. The Hall–Kier alpha value is -3.42. The first kappa shape index (κ1) is 21.8. The molecule has 4 aromatic rings. The standard InChI is InChI=1S/C23H18Cl2N4O3/c1-14(23(30)28-12-15-2-9-21(25)27-11-15)31-17-4-6-18(7-5-17)32-22-13-26-20-10-16(24)3-8-19(20)29-22/h2-11,13-14H,12H2,1H3,(H,28,30). The number of nitrogens with zero attached hydrogens (tertiary/aromatic N) is 3. The monoisotopic (exact) mass is 468 g/mol. The summed E-state index contributed by atoms with van der Waals surface area (Å²) in [6, 6.07) is 15.6. The molecule has 9 heteroatoms. The van der Waals surface area contributed by atoms with Crippen molar-refractivity contribution in [1.29, 1.82) is 0 Å². The molecule has 0 bridgehead atoms. The maximum Gasteiger partial charge on any atom is 0.261 e. The minimum Gasteiger partial charge on any atom is -0.481 e. The second kappa shape index (κ2) is 9.80. The number of amides is 1. The number of halogens is 2. The Balaban J connectivity index is 1.32. The molecule has 0 spiro atoms. The lowest BCUT2D eigenvalue weighted by Gasteiger charge is -2.15. The third-order valence-corrected chi connectivity index (χ3v) is 4.92. The van der Waals surface area contributed by atoms with Gasteiger partial charge in [0.2, 0.25) is 5.88 Å². The van der Waals surface area contributed by atoms with E-state index >= 15 is 0 Å². The summed E-state index contributed by atoms with van der Waals surface area (Å²) in [6.45, 7) is 2.01. The van der Waals surface area contributed by atoms with Crippen LogP contribution in [0.4, 0.5) is 0 Å². The van der Waals surface area contributed by atoms with Crippen molar-refractivity contribution in [3.63, 3.8) is 0 Å². The molecule has 2 aromatic carbocycles. The minimum atomic E-state index is -0.680. The molecule has 2 aromatic heterocycles. The molecule has 0 aliphatic heterocycles. The van der Waals surface area contributed by atoms with Crippen molar-refractivity contribution in [2.45, 2.75) is 19.6 Å². The van der Waals surface area contributed by atoms with Crippen LogP contribution in [0.5, 0.6) is 17.4 Å². The van der Waals surface area contributed by atoms with Gasteiger partial charge in [0.25, 0.3) is 5.91 Å². The van der Waals surface area contributed by atoms with Crippen molar-refractivity contribution in [2.24, 2.45) is 0 Å². The van der Waals surface area contributed by atoms with Crippen LogP contribution in [-0.4, -0.2) is 27.0 Å². The average Bonchev–Trinajstić information content (AvgIpc) is 2.80. The summed E-state index contributed by atoms with van der Waals surface area (Å²) in [5.74, 6) is 1.21. The van der Waals surface area contributed by atoms with Crippen molar-refractivity contribution >= 4 is 40.1 Å². The molecule has 0 radical (unpaired) electrons. The highest BCUT2D eigenvalue weighted by Gasteiger charge is 2.14. The van der Waals surface area contributed by atoms with E-state index in [0.717, 1.165) is 5.56 Å². The topological polar surface area (TPSA) is 86.2 Å². The maximum absolute atomic E-state index is 12.3. The van der Waals surface area contributed by atoms with Crippen LogP contribution in [0, 0.1) is 0 Å². The number of fused-ring (bicyclic) bond motifs is 1. The number of ether oxygens (including phenoxy) is 2. The molecule has 1 amide bonds. The number of nitrogens with one attached hydrogen (secondary N) is 1. The van der Waals surface area contributed by atoms with Gasteiger partial charge < -0.3 is 14.8 Å². The highest BCUT2D eigenvalue weighted by molar-refractivity contribution is 6.31. The predicted octanol–water partition coefficient (Wildman–Crippen LogP) is 5.21. The van der Waals surface area contributed by atoms with E-state index in [9.17, 15) is 4.79 Å². The van der Waals surface area contributed by atoms with Gasteiger partial charge in [0, 0.05) is 17.8 Å². The van der Waals surface area contributed by atoms with E-state index in [0.29, 0.717) is 45.1 Å². The summed E-state index contributed by atoms with van der Waals surface area (Å²) >= 11 is 11.7. The van der Waals surface area contributed by atoms with E-state index in [1.54, 1.807) is 67.7 Å². The predicted molar refractivity (Wildman–Crippen MR) is 122 cm³/mol. The Morgan fingerprint density at radius 1 is 0.969 bits per heavy atom. The van der Waals surface area contributed by atoms with Crippen LogP contribution in [0.15, 0.2) is 67.0 Å². The zero-order chi connectivity index (χ0) is 22.5. The van der Waals surface area contributed by atoms with Crippen LogP contribution in [-0.2, 0) is 11.3 Å². The van der Waals surface area contributed by atoms with E-state index in [2.05, 4.69) is 20.3 Å². The summed E-state index contributed by atoms with van der Waals surface area (Å²) in [5, 5.41) is 3.81. The molecule has 4 rings (SSSR count). The van der Waals surface area contributed by atoms with E-state index in [-0.39, 0.29) is 5.91 Å². The molecule has 0 fully saturated rings. The lowest BCUT2D eigenvalue weighted by molar-refractivity contribution is -0.127. The summed E-state index contributed by atoms with van der Waals surface area (Å²) < 4.78 is 11.5. The number of aromatic nitrogens is 3. The fourth-order valence-electron chi connectivity index (χ4n) is 2.82. The van der Waals surface area contributed by atoms with Crippen molar-refractivity contribution in [3.8, 4) is 17.4 Å². The largest absolute Gasteiger partial charge is 0.481 e. The van der Waals surface area contributed by atoms with Crippen LogP contribution in [0.1, 0.15) is 12.5 Å². The Morgan fingerprint density at radius 2 is 1.75 bits per heavy atom. The molecule has 162 valence electrons. The molecule has 1 unspecified atom stereocenters. The molecule has 1 N–H and O–H groups in total. The molecule has 7 nitrogen and oxygen atoms in total. The van der Waals surface area contributed by atoms with Gasteiger partial charge in [0.15, 0.2) is 6.10 Å². The first-order chi connectivity index (χ1) is 15.5. The summed E-state index contributed by atoms with van der Waals surface area (Å²) in [5.41, 5.74) is 2.21.